The van der Waals surface area contributed by atoms with Crippen LogP contribution in [0.5, 0.6) is 0 Å². The normalized spacial score (nSPS) is 10.9. The molecule has 2 heterocycles. The van der Waals surface area contributed by atoms with E-state index in [1.54, 1.807) is 23.0 Å². The molecule has 0 amide bonds. The Hall–Kier alpha value is -3.18. The van der Waals surface area contributed by atoms with Gasteiger partial charge in [-0.25, -0.2) is 4.68 Å². The van der Waals surface area contributed by atoms with Crippen molar-refractivity contribution in [1.82, 2.24) is 30.0 Å². The monoisotopic (exact) mass is 457 g/mol. The molecule has 140 valence electrons. The van der Waals surface area contributed by atoms with Gasteiger partial charge >= 0.3 is 0 Å². The van der Waals surface area contributed by atoms with Gasteiger partial charge in [-0.05, 0) is 35.0 Å². The van der Waals surface area contributed by atoms with Crippen molar-refractivity contribution in [3.05, 3.63) is 79.5 Å². The Balaban J connectivity index is 1.57. The topological polar surface area (TPSA) is 107 Å². The first-order valence-corrected chi connectivity index (χ1v) is 9.29. The molecule has 0 saturated heterocycles. The summed E-state index contributed by atoms with van der Waals surface area (Å²) >= 11 is 8.95. The van der Waals surface area contributed by atoms with Crippen LogP contribution in [-0.2, 0) is 6.54 Å². The number of hydrogen-bond acceptors (Lipinski definition) is 6. The van der Waals surface area contributed by atoms with Gasteiger partial charge in [-0.1, -0.05) is 40.3 Å². The summed E-state index contributed by atoms with van der Waals surface area (Å²) in [5.41, 5.74) is 2.41. The summed E-state index contributed by atoms with van der Waals surface area (Å²) in [7, 11) is 0. The Kier molecular flexibility index (Phi) is 4.84. The molecule has 2 aromatic carbocycles. The van der Waals surface area contributed by atoms with Gasteiger partial charge < -0.3 is 0 Å². The van der Waals surface area contributed by atoms with E-state index in [2.05, 4.69) is 36.4 Å². The minimum absolute atomic E-state index is 0.0385. The largest absolute Gasteiger partial charge is 0.299 e. The van der Waals surface area contributed by atoms with Gasteiger partial charge in [0.2, 0.25) is 5.82 Å². The summed E-state index contributed by atoms with van der Waals surface area (Å²) in [6, 6.07) is 13.9. The van der Waals surface area contributed by atoms with Gasteiger partial charge in [0, 0.05) is 22.8 Å². The number of nitro benzene ring substituents is 1. The number of H-pyrrole nitrogens is 1. The van der Waals surface area contributed by atoms with E-state index >= 15 is 0 Å². The molecular formula is C17H12BrN7O2S. The van der Waals surface area contributed by atoms with Crippen LogP contribution in [0.2, 0.25) is 0 Å². The first-order valence-electron chi connectivity index (χ1n) is 8.09. The van der Waals surface area contributed by atoms with Gasteiger partial charge in [-0.2, -0.15) is 4.80 Å². The molecule has 0 aliphatic heterocycles. The predicted molar refractivity (Wildman–Crippen MR) is 108 cm³/mol. The molecule has 0 unspecified atom stereocenters. The molecule has 0 atom stereocenters. The van der Waals surface area contributed by atoms with Crippen molar-refractivity contribution in [3.8, 4) is 17.1 Å². The highest BCUT2D eigenvalue weighted by atomic mass is 79.9. The molecule has 0 fully saturated rings. The third kappa shape index (κ3) is 3.62. The number of nitrogens with zero attached hydrogens (tertiary/aromatic N) is 6. The van der Waals surface area contributed by atoms with Crippen molar-refractivity contribution in [1.29, 1.82) is 0 Å². The number of aromatic nitrogens is 6. The molecule has 9 nitrogen and oxygen atoms in total. The summed E-state index contributed by atoms with van der Waals surface area (Å²) < 4.78 is 3.27. The van der Waals surface area contributed by atoms with Crippen molar-refractivity contribution in [2.24, 2.45) is 0 Å². The SMILES string of the molecule is O=[N+]([O-])c1ccc(Cn2nnc(-c3c[nH]n(-c4ccc(Br)cc4)c3=S)n2)cc1. The van der Waals surface area contributed by atoms with Crippen LogP contribution in [-0.4, -0.2) is 34.9 Å². The number of tetrazole rings is 1. The molecular weight excluding hydrogens is 446 g/mol. The van der Waals surface area contributed by atoms with Gasteiger partial charge in [0.15, 0.2) is 0 Å². The second-order valence-electron chi connectivity index (χ2n) is 5.87. The molecule has 0 saturated carbocycles. The Labute approximate surface area is 171 Å². The molecule has 4 rings (SSSR count). The standard InChI is InChI=1S/C17H12BrN7O2S/c18-12-3-7-13(8-4-12)24-17(28)15(9-19-24)16-20-22-23(21-16)10-11-1-5-14(6-2-11)25(26)27/h1-9,19H,10H2. The van der Waals surface area contributed by atoms with Crippen LogP contribution in [0.25, 0.3) is 17.1 Å². The number of aromatic amines is 1. The highest BCUT2D eigenvalue weighted by Crippen LogP contribution is 2.20. The summed E-state index contributed by atoms with van der Waals surface area (Å²) in [5.74, 6) is 0.402. The molecule has 28 heavy (non-hydrogen) atoms. The summed E-state index contributed by atoms with van der Waals surface area (Å²) in [6.45, 7) is 0.342. The van der Waals surface area contributed by atoms with E-state index in [4.69, 9.17) is 12.2 Å². The molecule has 0 radical (unpaired) electrons. The smallest absolute Gasteiger partial charge is 0.269 e. The molecule has 0 bridgehead atoms. The maximum absolute atomic E-state index is 10.7. The van der Waals surface area contributed by atoms with Crippen molar-refractivity contribution in [3.63, 3.8) is 0 Å². The van der Waals surface area contributed by atoms with E-state index in [1.807, 2.05) is 24.3 Å². The van der Waals surface area contributed by atoms with E-state index in [0.29, 0.717) is 22.6 Å². The second-order valence-corrected chi connectivity index (χ2v) is 7.17. The fraction of sp³-hybridized carbons (Fsp3) is 0.0588. The molecule has 2 aromatic heterocycles. The van der Waals surface area contributed by atoms with Gasteiger partial charge in [0.1, 0.15) is 4.64 Å². The fourth-order valence-electron chi connectivity index (χ4n) is 2.62. The highest BCUT2D eigenvalue weighted by molar-refractivity contribution is 9.10. The van der Waals surface area contributed by atoms with E-state index in [0.717, 1.165) is 15.7 Å². The van der Waals surface area contributed by atoms with Crippen LogP contribution < -0.4 is 0 Å². The quantitative estimate of drug-likeness (QED) is 0.276. The van der Waals surface area contributed by atoms with Crippen molar-refractivity contribution >= 4 is 33.8 Å². The zero-order chi connectivity index (χ0) is 19.7. The Morgan fingerprint density at radius 1 is 1.14 bits per heavy atom. The third-order valence-electron chi connectivity index (χ3n) is 4.02. The van der Waals surface area contributed by atoms with E-state index < -0.39 is 4.92 Å². The summed E-state index contributed by atoms with van der Waals surface area (Å²) in [6.07, 6.45) is 1.73. The van der Waals surface area contributed by atoms with Gasteiger partial charge in [-0.15, -0.1) is 10.2 Å². The van der Waals surface area contributed by atoms with Crippen LogP contribution >= 0.6 is 28.1 Å². The van der Waals surface area contributed by atoms with Crippen molar-refractivity contribution in [2.45, 2.75) is 6.54 Å². The fourth-order valence-corrected chi connectivity index (χ4v) is 3.19. The summed E-state index contributed by atoms with van der Waals surface area (Å²) in [4.78, 5) is 11.7. The van der Waals surface area contributed by atoms with Gasteiger partial charge in [0.25, 0.3) is 5.69 Å². The number of non-ortho nitro benzene ring substituents is 1. The molecule has 0 spiro atoms. The van der Waals surface area contributed by atoms with E-state index in [-0.39, 0.29) is 5.69 Å². The Morgan fingerprint density at radius 3 is 2.54 bits per heavy atom. The zero-order valence-corrected chi connectivity index (χ0v) is 16.6. The van der Waals surface area contributed by atoms with Crippen molar-refractivity contribution < 1.29 is 4.92 Å². The molecule has 1 N–H and O–H groups in total. The minimum atomic E-state index is -0.437. The van der Waals surface area contributed by atoms with E-state index in [9.17, 15) is 10.1 Å². The molecule has 0 aliphatic rings. The Bertz CT molecular complexity index is 1200. The van der Waals surface area contributed by atoms with Gasteiger partial charge in [-0.3, -0.25) is 15.2 Å². The number of benzene rings is 2. The van der Waals surface area contributed by atoms with Crippen LogP contribution in [0, 0.1) is 14.8 Å². The zero-order valence-electron chi connectivity index (χ0n) is 14.2. The lowest BCUT2D eigenvalue weighted by molar-refractivity contribution is -0.384. The molecule has 11 heteroatoms. The Morgan fingerprint density at radius 2 is 1.86 bits per heavy atom. The minimum Gasteiger partial charge on any atom is -0.299 e. The lowest BCUT2D eigenvalue weighted by Gasteiger charge is -2.02. The van der Waals surface area contributed by atoms with Crippen LogP contribution in [0.15, 0.2) is 59.2 Å². The number of halogens is 1. The lowest BCUT2D eigenvalue weighted by Crippen LogP contribution is -2.04. The average Bonchev–Trinajstić information content (AvgIpc) is 3.29. The highest BCUT2D eigenvalue weighted by Gasteiger charge is 2.13. The number of rotatable bonds is 5. The van der Waals surface area contributed by atoms with E-state index in [1.165, 1.54) is 16.9 Å². The number of nitro groups is 1. The summed E-state index contributed by atoms with van der Waals surface area (Å²) in [5, 5.41) is 26.3. The first kappa shape index (κ1) is 18.2. The lowest BCUT2D eigenvalue weighted by atomic mass is 10.2. The van der Waals surface area contributed by atoms with Gasteiger partial charge in [0.05, 0.1) is 22.7 Å². The maximum Gasteiger partial charge on any atom is 0.269 e. The van der Waals surface area contributed by atoms with Crippen LogP contribution in [0.4, 0.5) is 5.69 Å². The number of hydrogen-bond donors (Lipinski definition) is 1. The second kappa shape index (κ2) is 7.44. The molecule has 4 aromatic rings. The van der Waals surface area contributed by atoms with Crippen molar-refractivity contribution in [2.75, 3.05) is 0 Å². The first-order chi connectivity index (χ1) is 13.5. The van der Waals surface area contributed by atoms with Crippen LogP contribution in [0.1, 0.15) is 5.56 Å². The molecule has 0 aliphatic carbocycles. The predicted octanol–water partition coefficient (Wildman–Crippen LogP) is 3.91. The maximum atomic E-state index is 10.7. The average molecular weight is 458 g/mol. The van der Waals surface area contributed by atoms with Crippen LogP contribution in [0.3, 0.4) is 0 Å². The number of nitrogens with one attached hydrogen (secondary N) is 1. The third-order valence-corrected chi connectivity index (χ3v) is 4.95.